The van der Waals surface area contributed by atoms with E-state index in [4.69, 9.17) is 5.73 Å². The highest BCUT2D eigenvalue weighted by Gasteiger charge is 2.22. The van der Waals surface area contributed by atoms with Gasteiger partial charge in [0.15, 0.2) is 0 Å². The van der Waals surface area contributed by atoms with Crippen molar-refractivity contribution in [1.29, 1.82) is 0 Å². The van der Waals surface area contributed by atoms with Crippen molar-refractivity contribution in [2.24, 2.45) is 5.73 Å². The minimum absolute atomic E-state index is 0.0220. The molecule has 1 rings (SSSR count). The van der Waals surface area contributed by atoms with Gasteiger partial charge in [-0.2, -0.15) is 0 Å². The lowest BCUT2D eigenvalue weighted by Gasteiger charge is -2.13. The molecule has 0 heterocycles. The van der Waals surface area contributed by atoms with Crippen molar-refractivity contribution in [1.82, 2.24) is 4.31 Å². The summed E-state index contributed by atoms with van der Waals surface area (Å²) in [7, 11) is -0.754. The van der Waals surface area contributed by atoms with Crippen molar-refractivity contribution < 1.29 is 13.2 Å². The molecule has 0 aliphatic heterocycles. The van der Waals surface area contributed by atoms with E-state index < -0.39 is 15.9 Å². The number of hydrogen-bond donors (Lipinski definition) is 1. The molecule has 0 radical (unpaired) electrons. The standard InChI is InChI=1S/C9H11BrN2O3S/c1-12(2)16(14,15)7-5-3-4-6(8(7)10)9(11)13/h3-5H,1-2H3,(H2,11,13). The van der Waals surface area contributed by atoms with Crippen LogP contribution < -0.4 is 5.73 Å². The van der Waals surface area contributed by atoms with Crippen molar-refractivity contribution in [2.45, 2.75) is 4.90 Å². The molecule has 88 valence electrons. The Bertz CT molecular complexity index is 526. The Balaban J connectivity index is 3.49. The summed E-state index contributed by atoms with van der Waals surface area (Å²) in [6, 6.07) is 4.34. The van der Waals surface area contributed by atoms with E-state index in [-0.39, 0.29) is 14.9 Å². The summed E-state index contributed by atoms with van der Waals surface area (Å²) in [6.07, 6.45) is 0. The Labute approximate surface area is 102 Å². The Morgan fingerprint density at radius 1 is 1.38 bits per heavy atom. The van der Waals surface area contributed by atoms with E-state index in [1.165, 1.54) is 32.3 Å². The number of carbonyl (C=O) groups is 1. The van der Waals surface area contributed by atoms with Gasteiger partial charge in [0, 0.05) is 14.1 Å². The van der Waals surface area contributed by atoms with Gasteiger partial charge in [-0.25, -0.2) is 12.7 Å². The number of rotatable bonds is 3. The fourth-order valence-corrected chi connectivity index (χ4v) is 3.15. The van der Waals surface area contributed by atoms with Gasteiger partial charge < -0.3 is 5.73 Å². The van der Waals surface area contributed by atoms with Crippen LogP contribution in [0, 0.1) is 0 Å². The molecule has 7 heteroatoms. The predicted octanol–water partition coefficient (Wildman–Crippen LogP) is 0.798. The highest BCUT2D eigenvalue weighted by atomic mass is 79.9. The van der Waals surface area contributed by atoms with Gasteiger partial charge in [-0.1, -0.05) is 6.07 Å². The lowest BCUT2D eigenvalue weighted by Crippen LogP contribution is -2.23. The van der Waals surface area contributed by atoms with Gasteiger partial charge in [-0.05, 0) is 28.1 Å². The normalized spacial score (nSPS) is 11.8. The molecule has 0 saturated carbocycles. The number of nitrogens with zero attached hydrogens (tertiary/aromatic N) is 1. The molecule has 2 N–H and O–H groups in total. The van der Waals surface area contributed by atoms with Crippen molar-refractivity contribution >= 4 is 31.9 Å². The summed E-state index contributed by atoms with van der Waals surface area (Å²) in [5, 5.41) is 0. The summed E-state index contributed by atoms with van der Waals surface area (Å²) in [4.78, 5) is 11.1. The van der Waals surface area contributed by atoms with Gasteiger partial charge in [0.25, 0.3) is 0 Å². The van der Waals surface area contributed by atoms with E-state index in [9.17, 15) is 13.2 Å². The third kappa shape index (κ3) is 2.26. The fraction of sp³-hybridized carbons (Fsp3) is 0.222. The van der Waals surface area contributed by atoms with Gasteiger partial charge >= 0.3 is 0 Å². The van der Waals surface area contributed by atoms with Crippen LogP contribution in [0.2, 0.25) is 0 Å². The van der Waals surface area contributed by atoms with Gasteiger partial charge in [-0.3, -0.25) is 4.79 Å². The Morgan fingerprint density at radius 3 is 2.38 bits per heavy atom. The molecule has 0 aliphatic rings. The molecule has 16 heavy (non-hydrogen) atoms. The molecule has 0 atom stereocenters. The zero-order valence-corrected chi connectivity index (χ0v) is 11.2. The van der Waals surface area contributed by atoms with Crippen LogP contribution in [0.1, 0.15) is 10.4 Å². The van der Waals surface area contributed by atoms with Gasteiger partial charge in [-0.15, -0.1) is 0 Å². The van der Waals surface area contributed by atoms with Crippen molar-refractivity contribution in [3.05, 3.63) is 28.2 Å². The topological polar surface area (TPSA) is 80.5 Å². The maximum absolute atomic E-state index is 11.9. The first-order chi connectivity index (χ1) is 7.28. The molecule has 0 bridgehead atoms. The first-order valence-electron chi connectivity index (χ1n) is 4.29. The van der Waals surface area contributed by atoms with Crippen molar-refractivity contribution in [2.75, 3.05) is 14.1 Å². The molecule has 1 aromatic carbocycles. The molecular formula is C9H11BrN2O3S. The van der Waals surface area contributed by atoms with E-state index in [1.807, 2.05) is 0 Å². The molecule has 1 amide bonds. The number of benzene rings is 1. The number of nitrogens with two attached hydrogens (primary N) is 1. The van der Waals surface area contributed by atoms with E-state index in [2.05, 4.69) is 15.9 Å². The van der Waals surface area contributed by atoms with Crippen LogP contribution in [-0.4, -0.2) is 32.7 Å². The van der Waals surface area contributed by atoms with Crippen LogP contribution in [0.5, 0.6) is 0 Å². The van der Waals surface area contributed by atoms with Crippen molar-refractivity contribution in [3.8, 4) is 0 Å². The lowest BCUT2D eigenvalue weighted by molar-refractivity contribution is 0.0999. The van der Waals surface area contributed by atoms with Gasteiger partial charge in [0.2, 0.25) is 15.9 Å². The summed E-state index contributed by atoms with van der Waals surface area (Å²) in [6.45, 7) is 0. The number of halogens is 1. The highest BCUT2D eigenvalue weighted by Crippen LogP contribution is 2.27. The van der Waals surface area contributed by atoms with E-state index in [0.717, 1.165) is 4.31 Å². The van der Waals surface area contributed by atoms with Crippen LogP contribution in [0.4, 0.5) is 0 Å². The molecule has 5 nitrogen and oxygen atoms in total. The maximum atomic E-state index is 11.9. The highest BCUT2D eigenvalue weighted by molar-refractivity contribution is 9.10. The van der Waals surface area contributed by atoms with E-state index in [0.29, 0.717) is 0 Å². The molecule has 0 aliphatic carbocycles. The van der Waals surface area contributed by atoms with Crippen LogP contribution >= 0.6 is 15.9 Å². The quantitative estimate of drug-likeness (QED) is 0.897. The molecule has 0 spiro atoms. The zero-order valence-electron chi connectivity index (χ0n) is 8.77. The van der Waals surface area contributed by atoms with Crippen LogP contribution in [-0.2, 0) is 10.0 Å². The number of sulfonamides is 1. The Hall–Kier alpha value is -0.920. The van der Waals surface area contributed by atoms with Crippen LogP contribution in [0.25, 0.3) is 0 Å². The lowest BCUT2D eigenvalue weighted by atomic mass is 10.2. The monoisotopic (exact) mass is 306 g/mol. The second kappa shape index (κ2) is 4.52. The largest absolute Gasteiger partial charge is 0.366 e. The Kier molecular flexibility index (Phi) is 3.72. The second-order valence-corrected chi connectivity index (χ2v) is 6.18. The Morgan fingerprint density at radius 2 is 1.94 bits per heavy atom. The number of carbonyl (C=O) groups excluding carboxylic acids is 1. The van der Waals surface area contributed by atoms with Gasteiger partial charge in [0.05, 0.1) is 14.9 Å². The summed E-state index contributed by atoms with van der Waals surface area (Å²) >= 11 is 3.08. The average molecular weight is 307 g/mol. The van der Waals surface area contributed by atoms with Crippen LogP contribution in [0.3, 0.4) is 0 Å². The average Bonchev–Trinajstić information content (AvgIpc) is 2.16. The smallest absolute Gasteiger partial charge is 0.249 e. The number of primary amides is 1. The first-order valence-corrected chi connectivity index (χ1v) is 6.52. The number of hydrogen-bond acceptors (Lipinski definition) is 3. The molecule has 0 unspecified atom stereocenters. The minimum Gasteiger partial charge on any atom is -0.366 e. The minimum atomic E-state index is -3.58. The zero-order chi connectivity index (χ0) is 12.5. The van der Waals surface area contributed by atoms with Crippen molar-refractivity contribution in [3.63, 3.8) is 0 Å². The van der Waals surface area contributed by atoms with Gasteiger partial charge in [0.1, 0.15) is 0 Å². The summed E-state index contributed by atoms with van der Waals surface area (Å²) in [5.41, 5.74) is 5.27. The first kappa shape index (κ1) is 13.1. The number of amides is 1. The summed E-state index contributed by atoms with van der Waals surface area (Å²) in [5.74, 6) is -0.678. The molecule has 1 aromatic rings. The van der Waals surface area contributed by atoms with E-state index in [1.54, 1.807) is 0 Å². The molecule has 0 saturated heterocycles. The maximum Gasteiger partial charge on any atom is 0.249 e. The fourth-order valence-electron chi connectivity index (χ4n) is 1.10. The van der Waals surface area contributed by atoms with E-state index >= 15 is 0 Å². The molecule has 0 aromatic heterocycles. The predicted molar refractivity (Wildman–Crippen MR) is 63.5 cm³/mol. The summed E-state index contributed by atoms with van der Waals surface area (Å²) < 4.78 is 25.0. The third-order valence-corrected chi connectivity index (χ3v) is 4.96. The molecule has 0 fully saturated rings. The SMILES string of the molecule is CN(C)S(=O)(=O)c1cccc(C(N)=O)c1Br. The second-order valence-electron chi connectivity index (χ2n) is 3.27. The third-order valence-electron chi connectivity index (χ3n) is 1.99. The van der Waals surface area contributed by atoms with Crippen LogP contribution in [0.15, 0.2) is 27.6 Å². The molecular weight excluding hydrogens is 296 g/mol.